The molecule has 0 aliphatic carbocycles. The monoisotopic (exact) mass is 385 g/mol. The second-order valence-corrected chi connectivity index (χ2v) is 5.77. The van der Waals surface area contributed by atoms with Gasteiger partial charge in [-0.05, 0) is 23.3 Å². The van der Waals surface area contributed by atoms with Gasteiger partial charge in [-0.1, -0.05) is 6.07 Å². The van der Waals surface area contributed by atoms with Crippen LogP contribution in [0.4, 0.5) is 13.2 Å². The van der Waals surface area contributed by atoms with Crippen LogP contribution in [-0.2, 0) is 13.1 Å². The lowest BCUT2D eigenvalue weighted by atomic mass is 10.1. The summed E-state index contributed by atoms with van der Waals surface area (Å²) in [5, 5.41) is 3.22. The van der Waals surface area contributed by atoms with Gasteiger partial charge in [-0.15, -0.1) is 24.8 Å². The Balaban J connectivity index is 0.00000144. The van der Waals surface area contributed by atoms with Crippen molar-refractivity contribution in [1.29, 1.82) is 0 Å². The Hall–Kier alpha value is -1.02. The lowest BCUT2D eigenvalue weighted by molar-refractivity contribution is -0.148. The Morgan fingerprint density at radius 2 is 1.67 bits per heavy atom. The number of nitrogens with zero attached hydrogens (tertiary/aromatic N) is 2. The number of rotatable bonds is 2. The number of piperazine rings is 1. The first kappa shape index (κ1) is 21.0. The fraction of sp³-hybridized carbons (Fsp3) is 0.533. The molecule has 2 heterocycles. The number of amides is 1. The van der Waals surface area contributed by atoms with Crippen LogP contribution in [0, 0.1) is 0 Å². The van der Waals surface area contributed by atoms with Crippen LogP contribution in [0.1, 0.15) is 21.5 Å². The van der Waals surface area contributed by atoms with Gasteiger partial charge in [0.05, 0.1) is 6.54 Å². The Bertz CT molecular complexity index is 576. The first-order valence-corrected chi connectivity index (χ1v) is 7.33. The smallest absolute Gasteiger partial charge is 0.336 e. The van der Waals surface area contributed by atoms with Crippen molar-refractivity contribution in [2.24, 2.45) is 0 Å². The third kappa shape index (κ3) is 4.99. The number of nitrogens with one attached hydrogen (secondary N) is 1. The molecule has 2 aliphatic heterocycles. The minimum atomic E-state index is -4.18. The molecule has 1 N–H and O–H groups in total. The van der Waals surface area contributed by atoms with Crippen molar-refractivity contribution in [3.05, 3.63) is 34.9 Å². The van der Waals surface area contributed by atoms with E-state index in [1.54, 1.807) is 11.0 Å². The van der Waals surface area contributed by atoms with Crippen molar-refractivity contribution in [3.63, 3.8) is 0 Å². The van der Waals surface area contributed by atoms with E-state index >= 15 is 0 Å². The summed E-state index contributed by atoms with van der Waals surface area (Å²) >= 11 is 0. The number of carbonyl (C=O) groups excluding carboxylic acids is 1. The molecule has 1 saturated heterocycles. The van der Waals surface area contributed by atoms with Crippen molar-refractivity contribution >= 4 is 30.7 Å². The second-order valence-electron chi connectivity index (χ2n) is 5.77. The zero-order valence-corrected chi connectivity index (χ0v) is 14.6. The maximum Gasteiger partial charge on any atom is 0.401 e. The summed E-state index contributed by atoms with van der Waals surface area (Å²) in [7, 11) is 0. The van der Waals surface area contributed by atoms with Crippen molar-refractivity contribution < 1.29 is 18.0 Å². The van der Waals surface area contributed by atoms with Gasteiger partial charge in [0.2, 0.25) is 0 Å². The Morgan fingerprint density at radius 3 is 2.29 bits per heavy atom. The van der Waals surface area contributed by atoms with Crippen molar-refractivity contribution in [1.82, 2.24) is 15.1 Å². The van der Waals surface area contributed by atoms with E-state index < -0.39 is 12.7 Å². The molecular weight excluding hydrogens is 366 g/mol. The van der Waals surface area contributed by atoms with E-state index in [1.807, 2.05) is 12.1 Å². The van der Waals surface area contributed by atoms with Gasteiger partial charge in [0, 0.05) is 44.8 Å². The highest BCUT2D eigenvalue weighted by molar-refractivity contribution is 5.94. The largest absolute Gasteiger partial charge is 0.401 e. The predicted octanol–water partition coefficient (Wildman–Crippen LogP) is 2.45. The number of hydrogen-bond donors (Lipinski definition) is 1. The number of benzene rings is 1. The van der Waals surface area contributed by atoms with Crippen molar-refractivity contribution in [2.75, 3.05) is 32.7 Å². The van der Waals surface area contributed by atoms with Crippen molar-refractivity contribution in [3.8, 4) is 0 Å². The molecule has 2 aliphatic rings. The zero-order valence-electron chi connectivity index (χ0n) is 12.9. The van der Waals surface area contributed by atoms with Crippen LogP contribution in [0.5, 0.6) is 0 Å². The third-order valence-corrected chi connectivity index (χ3v) is 4.15. The molecule has 24 heavy (non-hydrogen) atoms. The summed E-state index contributed by atoms with van der Waals surface area (Å²) in [6, 6.07) is 5.64. The predicted molar refractivity (Wildman–Crippen MR) is 89.9 cm³/mol. The van der Waals surface area contributed by atoms with Crippen LogP contribution in [-0.4, -0.2) is 54.6 Å². The van der Waals surface area contributed by atoms with Crippen LogP contribution in [0.25, 0.3) is 0 Å². The highest BCUT2D eigenvalue weighted by atomic mass is 35.5. The normalized spacial score (nSPS) is 17.7. The van der Waals surface area contributed by atoms with Gasteiger partial charge in [0.25, 0.3) is 5.91 Å². The summed E-state index contributed by atoms with van der Waals surface area (Å²) in [4.78, 5) is 15.4. The molecular formula is C15H20Cl2F3N3O. The SMILES string of the molecule is Cl.Cl.O=C(c1ccc2c(c1)CNC2)N1CCN(CC(F)(F)F)CC1. The van der Waals surface area contributed by atoms with Gasteiger partial charge in [-0.3, -0.25) is 9.69 Å². The summed E-state index contributed by atoms with van der Waals surface area (Å²) in [6.45, 7) is 1.87. The lowest BCUT2D eigenvalue weighted by Gasteiger charge is -2.35. The average molecular weight is 386 g/mol. The quantitative estimate of drug-likeness (QED) is 0.849. The molecule has 0 saturated carbocycles. The van der Waals surface area contributed by atoms with Crippen LogP contribution in [0.15, 0.2) is 18.2 Å². The number of hydrogen-bond acceptors (Lipinski definition) is 3. The molecule has 1 fully saturated rings. The van der Waals surface area contributed by atoms with E-state index in [1.165, 1.54) is 10.5 Å². The zero-order chi connectivity index (χ0) is 15.7. The molecule has 0 radical (unpaired) electrons. The minimum Gasteiger partial charge on any atom is -0.336 e. The molecule has 0 atom stereocenters. The molecule has 136 valence electrons. The van der Waals surface area contributed by atoms with Gasteiger partial charge in [-0.25, -0.2) is 0 Å². The lowest BCUT2D eigenvalue weighted by Crippen LogP contribution is -2.50. The van der Waals surface area contributed by atoms with E-state index in [4.69, 9.17) is 0 Å². The topological polar surface area (TPSA) is 35.6 Å². The molecule has 3 rings (SSSR count). The molecule has 1 amide bonds. The average Bonchev–Trinajstić information content (AvgIpc) is 2.93. The molecule has 4 nitrogen and oxygen atoms in total. The Morgan fingerprint density at radius 1 is 1.04 bits per heavy atom. The van der Waals surface area contributed by atoms with Crippen LogP contribution < -0.4 is 5.32 Å². The number of alkyl halides is 3. The highest BCUT2D eigenvalue weighted by Crippen LogP contribution is 2.20. The first-order valence-electron chi connectivity index (χ1n) is 7.33. The van der Waals surface area contributed by atoms with E-state index in [0.29, 0.717) is 18.7 Å². The summed E-state index contributed by atoms with van der Waals surface area (Å²) in [5.74, 6) is -0.0960. The highest BCUT2D eigenvalue weighted by Gasteiger charge is 2.33. The fourth-order valence-corrected chi connectivity index (χ4v) is 2.97. The molecule has 0 bridgehead atoms. The Kier molecular flexibility index (Phi) is 7.34. The molecule has 0 unspecified atom stereocenters. The molecule has 1 aromatic carbocycles. The van der Waals surface area contributed by atoms with E-state index in [-0.39, 0.29) is 43.8 Å². The van der Waals surface area contributed by atoms with Crippen LogP contribution in [0.3, 0.4) is 0 Å². The maximum atomic E-state index is 12.5. The number of halogens is 5. The summed E-state index contributed by atoms with van der Waals surface area (Å²) in [6.07, 6.45) is -4.18. The summed E-state index contributed by atoms with van der Waals surface area (Å²) < 4.78 is 37.1. The molecule has 9 heteroatoms. The summed E-state index contributed by atoms with van der Waals surface area (Å²) in [5.41, 5.74) is 2.94. The fourth-order valence-electron chi connectivity index (χ4n) is 2.97. The van der Waals surface area contributed by atoms with Gasteiger partial charge >= 0.3 is 6.18 Å². The molecule has 1 aromatic rings. The molecule has 0 aromatic heterocycles. The maximum absolute atomic E-state index is 12.5. The first-order chi connectivity index (χ1) is 10.4. The van der Waals surface area contributed by atoms with Gasteiger partial charge < -0.3 is 10.2 Å². The van der Waals surface area contributed by atoms with Gasteiger partial charge in [-0.2, -0.15) is 13.2 Å². The van der Waals surface area contributed by atoms with Crippen molar-refractivity contribution in [2.45, 2.75) is 19.3 Å². The number of fused-ring (bicyclic) bond motifs is 1. The Labute approximate surface area is 151 Å². The van der Waals surface area contributed by atoms with E-state index in [2.05, 4.69) is 5.32 Å². The standard InChI is InChI=1S/C15H18F3N3O.2ClH/c16-15(17,18)10-20-3-5-21(6-4-20)14(22)11-1-2-12-8-19-9-13(12)7-11;;/h1-2,7,19H,3-6,8-10H2;2*1H. The van der Waals surface area contributed by atoms with Crippen LogP contribution >= 0.6 is 24.8 Å². The second kappa shape index (κ2) is 8.38. The van der Waals surface area contributed by atoms with Gasteiger partial charge in [0.1, 0.15) is 0 Å². The molecule has 0 spiro atoms. The van der Waals surface area contributed by atoms with E-state index in [0.717, 1.165) is 18.7 Å². The van der Waals surface area contributed by atoms with E-state index in [9.17, 15) is 18.0 Å². The van der Waals surface area contributed by atoms with Gasteiger partial charge in [0.15, 0.2) is 0 Å². The number of carbonyl (C=O) groups is 1. The third-order valence-electron chi connectivity index (χ3n) is 4.15. The minimum absolute atomic E-state index is 0. The van der Waals surface area contributed by atoms with Crippen LogP contribution in [0.2, 0.25) is 0 Å².